The Morgan fingerprint density at radius 1 is 1.38 bits per heavy atom. The number of nitrogens with zero attached hydrogens (tertiary/aromatic N) is 4. The summed E-state index contributed by atoms with van der Waals surface area (Å²) in [7, 11) is 3.16. The van der Waals surface area contributed by atoms with Gasteiger partial charge in [-0.2, -0.15) is 5.26 Å². The van der Waals surface area contributed by atoms with E-state index in [1.165, 1.54) is 21.2 Å². The van der Waals surface area contributed by atoms with E-state index in [0.29, 0.717) is 65.4 Å². The molecule has 1 aromatic heterocycles. The lowest BCUT2D eigenvalue weighted by atomic mass is 9.96. The first-order valence-electron chi connectivity index (χ1n) is 11.0. The van der Waals surface area contributed by atoms with Crippen LogP contribution in [0.3, 0.4) is 0 Å². The number of piperidine rings is 1. The van der Waals surface area contributed by atoms with Crippen molar-refractivity contribution in [3.63, 3.8) is 0 Å². The van der Waals surface area contributed by atoms with E-state index >= 15 is 0 Å². The number of amides is 1. The van der Waals surface area contributed by atoms with E-state index in [0.717, 1.165) is 6.42 Å². The summed E-state index contributed by atoms with van der Waals surface area (Å²) in [6.45, 7) is 5.48. The number of carbonyl (C=O) groups is 2. The molecule has 0 N–H and O–H groups in total. The van der Waals surface area contributed by atoms with Crippen LogP contribution in [-0.4, -0.2) is 65.6 Å². The molecule has 2 fully saturated rings. The smallest absolute Gasteiger partial charge is 0.310 e. The fraction of sp³-hybridized carbons (Fsp3) is 0.522. The van der Waals surface area contributed by atoms with Crippen LogP contribution in [0.2, 0.25) is 0 Å². The lowest BCUT2D eigenvalue weighted by Gasteiger charge is -2.35. The van der Waals surface area contributed by atoms with Crippen molar-refractivity contribution >= 4 is 52.1 Å². The number of rotatable bonds is 7. The zero-order valence-electron chi connectivity index (χ0n) is 19.8. The van der Waals surface area contributed by atoms with Gasteiger partial charge in [0.05, 0.1) is 30.6 Å². The van der Waals surface area contributed by atoms with E-state index in [-0.39, 0.29) is 23.4 Å². The second-order valence-corrected chi connectivity index (χ2v) is 9.75. The first kappa shape index (κ1) is 25.9. The molecule has 1 unspecified atom stereocenters. The number of pyridine rings is 1. The zero-order chi connectivity index (χ0) is 25.0. The third-order valence-corrected chi connectivity index (χ3v) is 7.35. The largest absolute Gasteiger partial charge is 0.466 e. The molecule has 0 saturated carbocycles. The van der Waals surface area contributed by atoms with Crippen LogP contribution >= 0.6 is 24.0 Å². The summed E-state index contributed by atoms with van der Waals surface area (Å²) in [5.41, 5.74) is 0.681. The summed E-state index contributed by atoms with van der Waals surface area (Å²) in [6, 6.07) is 2.00. The van der Waals surface area contributed by atoms with Gasteiger partial charge in [0.25, 0.3) is 11.5 Å². The van der Waals surface area contributed by atoms with Crippen molar-refractivity contribution < 1.29 is 19.1 Å². The molecule has 0 radical (unpaired) electrons. The van der Waals surface area contributed by atoms with Gasteiger partial charge in [0.2, 0.25) is 0 Å². The van der Waals surface area contributed by atoms with Gasteiger partial charge in [0.1, 0.15) is 21.8 Å². The molecule has 2 aliphatic heterocycles. The second-order valence-electron chi connectivity index (χ2n) is 8.08. The fourth-order valence-electron chi connectivity index (χ4n) is 4.22. The van der Waals surface area contributed by atoms with Crippen LogP contribution in [0.5, 0.6) is 0 Å². The summed E-state index contributed by atoms with van der Waals surface area (Å²) in [5, 5.41) is 9.64. The monoisotopic (exact) mass is 504 g/mol. The van der Waals surface area contributed by atoms with E-state index in [1.807, 2.05) is 11.0 Å². The second kappa shape index (κ2) is 11.2. The van der Waals surface area contributed by atoms with Crippen LogP contribution in [0.25, 0.3) is 6.08 Å². The highest BCUT2D eigenvalue weighted by molar-refractivity contribution is 8.26. The Kier molecular flexibility index (Phi) is 8.52. The maximum Gasteiger partial charge on any atom is 0.310 e. The number of thiocarbonyl (C=S) groups is 1. The zero-order valence-corrected chi connectivity index (χ0v) is 21.4. The van der Waals surface area contributed by atoms with E-state index in [1.54, 1.807) is 34.1 Å². The van der Waals surface area contributed by atoms with E-state index in [4.69, 9.17) is 21.7 Å². The molecule has 1 atom stereocenters. The van der Waals surface area contributed by atoms with Crippen LogP contribution in [0.4, 0.5) is 5.82 Å². The lowest BCUT2D eigenvalue weighted by Crippen LogP contribution is -2.42. The minimum absolute atomic E-state index is 0.0197. The Bertz CT molecular complexity index is 1140. The molecule has 34 heavy (non-hydrogen) atoms. The number of esters is 1. The van der Waals surface area contributed by atoms with Gasteiger partial charge in [0.15, 0.2) is 0 Å². The maximum atomic E-state index is 13.0. The molecule has 2 saturated heterocycles. The van der Waals surface area contributed by atoms with Crippen LogP contribution in [0.15, 0.2) is 9.70 Å². The predicted octanol–water partition coefficient (Wildman–Crippen LogP) is 2.19. The Hall–Kier alpha value is -2.68. The standard InChI is InChI=1S/C23H28N4O5S2/c1-5-32-22(30)15-7-6-8-26(13-15)19-16(14(2)17(12-24)20(28)25(19)3)11-18-21(29)27(9-10-31-4)23(33)34-18/h11,15H,5-10,13H2,1-4H3/b18-11+. The van der Waals surface area contributed by atoms with Crippen LogP contribution < -0.4 is 10.5 Å². The van der Waals surface area contributed by atoms with Gasteiger partial charge in [-0.05, 0) is 38.3 Å². The molecule has 0 aliphatic carbocycles. The number of anilines is 1. The van der Waals surface area contributed by atoms with Gasteiger partial charge in [-0.3, -0.25) is 23.9 Å². The number of carbonyl (C=O) groups excluding carboxylic acids is 2. The number of nitriles is 1. The Labute approximate surface area is 208 Å². The highest BCUT2D eigenvalue weighted by atomic mass is 32.2. The lowest BCUT2D eigenvalue weighted by molar-refractivity contribution is -0.148. The van der Waals surface area contributed by atoms with Gasteiger partial charge in [0, 0.05) is 32.8 Å². The Morgan fingerprint density at radius 3 is 2.76 bits per heavy atom. The van der Waals surface area contributed by atoms with Gasteiger partial charge in [-0.1, -0.05) is 24.0 Å². The molecule has 1 aromatic rings. The molecule has 2 aliphatic rings. The van der Waals surface area contributed by atoms with Crippen molar-refractivity contribution in [3.8, 4) is 6.07 Å². The highest BCUT2D eigenvalue weighted by Gasteiger charge is 2.34. The average molecular weight is 505 g/mol. The highest BCUT2D eigenvalue weighted by Crippen LogP contribution is 2.36. The molecule has 3 heterocycles. The summed E-state index contributed by atoms with van der Waals surface area (Å²) in [5.74, 6) is -0.256. The molecular weight excluding hydrogens is 476 g/mol. The first-order valence-corrected chi connectivity index (χ1v) is 12.3. The minimum atomic E-state index is -0.418. The van der Waals surface area contributed by atoms with Gasteiger partial charge < -0.3 is 14.4 Å². The first-order chi connectivity index (χ1) is 16.2. The Morgan fingerprint density at radius 2 is 2.12 bits per heavy atom. The SMILES string of the molecule is CCOC(=O)C1CCCN(c2c(/C=C3/SC(=S)N(CCOC)C3=O)c(C)c(C#N)c(=O)n2C)C1. The predicted molar refractivity (Wildman–Crippen MR) is 134 cm³/mol. The minimum Gasteiger partial charge on any atom is -0.466 e. The van der Waals surface area contributed by atoms with Crippen LogP contribution in [0, 0.1) is 24.2 Å². The van der Waals surface area contributed by atoms with Crippen molar-refractivity contribution in [2.24, 2.45) is 13.0 Å². The maximum absolute atomic E-state index is 13.0. The summed E-state index contributed by atoms with van der Waals surface area (Å²) >= 11 is 6.56. The normalized spacial score (nSPS) is 19.6. The number of ether oxygens (including phenoxy) is 2. The van der Waals surface area contributed by atoms with Crippen molar-refractivity contribution in [2.45, 2.75) is 26.7 Å². The summed E-state index contributed by atoms with van der Waals surface area (Å²) in [4.78, 5) is 42.3. The van der Waals surface area contributed by atoms with E-state index in [9.17, 15) is 19.6 Å². The molecule has 182 valence electrons. The van der Waals surface area contributed by atoms with Crippen LogP contribution in [-0.2, 0) is 26.1 Å². The van der Waals surface area contributed by atoms with Crippen LogP contribution in [0.1, 0.15) is 36.5 Å². The van der Waals surface area contributed by atoms with Gasteiger partial charge in [-0.25, -0.2) is 0 Å². The molecule has 11 heteroatoms. The topological polar surface area (TPSA) is 105 Å². The molecular formula is C23H28N4O5S2. The van der Waals surface area contributed by atoms with E-state index in [2.05, 4.69) is 0 Å². The van der Waals surface area contributed by atoms with E-state index < -0.39 is 5.56 Å². The Balaban J connectivity index is 2.10. The third-order valence-electron chi connectivity index (χ3n) is 5.98. The van der Waals surface area contributed by atoms with Crippen molar-refractivity contribution in [1.29, 1.82) is 5.26 Å². The number of aromatic nitrogens is 1. The third kappa shape index (κ3) is 5.04. The number of methoxy groups -OCH3 is 1. The van der Waals surface area contributed by atoms with Gasteiger partial charge in [-0.15, -0.1) is 0 Å². The molecule has 0 bridgehead atoms. The molecule has 3 rings (SSSR count). The fourth-order valence-corrected chi connectivity index (χ4v) is 5.51. The number of thioether (sulfide) groups is 1. The quantitative estimate of drug-likeness (QED) is 0.314. The average Bonchev–Trinajstić information content (AvgIpc) is 3.09. The molecule has 0 spiro atoms. The molecule has 0 aromatic carbocycles. The van der Waals surface area contributed by atoms with Crippen molar-refractivity contribution in [3.05, 3.63) is 31.9 Å². The molecule has 1 amide bonds. The number of hydrogen-bond donors (Lipinski definition) is 0. The summed E-state index contributed by atoms with van der Waals surface area (Å²) in [6.07, 6.45) is 3.15. The molecule has 9 nitrogen and oxygen atoms in total. The summed E-state index contributed by atoms with van der Waals surface area (Å²) < 4.78 is 12.2. The van der Waals surface area contributed by atoms with Crippen molar-refractivity contribution in [2.75, 3.05) is 44.9 Å². The number of hydrogen-bond acceptors (Lipinski definition) is 9. The van der Waals surface area contributed by atoms with Crippen molar-refractivity contribution in [1.82, 2.24) is 9.47 Å². The van der Waals surface area contributed by atoms with Gasteiger partial charge >= 0.3 is 5.97 Å².